The molecule has 0 aromatic heterocycles. The molecule has 1 aromatic carbocycles. The summed E-state index contributed by atoms with van der Waals surface area (Å²) in [5.41, 5.74) is 6.62. The van der Waals surface area contributed by atoms with Crippen molar-refractivity contribution in [1.29, 1.82) is 0 Å². The lowest BCUT2D eigenvalue weighted by molar-refractivity contribution is -0.141. The Hall–Kier alpha value is -2.08. The van der Waals surface area contributed by atoms with E-state index in [4.69, 9.17) is 10.5 Å². The van der Waals surface area contributed by atoms with E-state index in [2.05, 4.69) is 32.2 Å². The van der Waals surface area contributed by atoms with Gasteiger partial charge in [-0.3, -0.25) is 9.59 Å². The fourth-order valence-corrected chi connectivity index (χ4v) is 3.28. The molecule has 3 N–H and O–H groups in total. The molecule has 2 amide bonds. The van der Waals surface area contributed by atoms with Crippen LogP contribution in [0.25, 0.3) is 0 Å². The van der Waals surface area contributed by atoms with Gasteiger partial charge in [0.25, 0.3) is 5.91 Å². The summed E-state index contributed by atoms with van der Waals surface area (Å²) in [6.45, 7) is 10.2. The molecule has 6 heteroatoms. The topological polar surface area (TPSA) is 84.7 Å². The molecule has 1 fully saturated rings. The summed E-state index contributed by atoms with van der Waals surface area (Å²) in [7, 11) is 0. The Morgan fingerprint density at radius 2 is 2.11 bits per heavy atom. The van der Waals surface area contributed by atoms with Gasteiger partial charge in [0.15, 0.2) is 6.10 Å². The molecule has 27 heavy (non-hydrogen) atoms. The smallest absolute Gasteiger partial charge is 0.263 e. The van der Waals surface area contributed by atoms with Gasteiger partial charge in [-0.25, -0.2) is 0 Å². The molecule has 1 heterocycles. The van der Waals surface area contributed by atoms with Crippen LogP contribution in [0.4, 0.5) is 0 Å². The average Bonchev–Trinajstić information content (AvgIpc) is 2.65. The molecule has 2 atom stereocenters. The summed E-state index contributed by atoms with van der Waals surface area (Å²) in [4.78, 5) is 26.7. The highest BCUT2D eigenvalue weighted by atomic mass is 16.5. The zero-order valence-electron chi connectivity index (χ0n) is 17.0. The van der Waals surface area contributed by atoms with Gasteiger partial charge in [-0.1, -0.05) is 32.9 Å². The van der Waals surface area contributed by atoms with Gasteiger partial charge in [0.1, 0.15) is 5.75 Å². The Kier molecular flexibility index (Phi) is 7.25. The number of nitrogens with two attached hydrogens (primary N) is 1. The Labute approximate surface area is 162 Å². The number of amides is 2. The minimum atomic E-state index is -0.592. The van der Waals surface area contributed by atoms with Crippen molar-refractivity contribution in [3.8, 4) is 5.75 Å². The summed E-state index contributed by atoms with van der Waals surface area (Å²) < 4.78 is 5.92. The van der Waals surface area contributed by atoms with Gasteiger partial charge in [0.2, 0.25) is 5.91 Å². The van der Waals surface area contributed by atoms with Crippen molar-refractivity contribution in [1.82, 2.24) is 10.2 Å². The fraction of sp³-hybridized carbons (Fsp3) is 0.619. The number of ether oxygens (including phenoxy) is 1. The number of likely N-dealkylation sites (tertiary alicyclic amines) is 1. The standard InChI is InChI=1S/C21H33N3O3/c1-15(27-18-9-5-8-17(13-18)21(2,3)4)20(26)24-12-6-7-16(14-24)19(25)23-11-10-22/h5,8-9,13,15-16H,6-7,10-12,14,22H2,1-4H3,(H,23,25). The first-order valence-electron chi connectivity index (χ1n) is 9.76. The van der Waals surface area contributed by atoms with Gasteiger partial charge in [0, 0.05) is 26.2 Å². The summed E-state index contributed by atoms with van der Waals surface area (Å²) in [6, 6.07) is 7.88. The van der Waals surface area contributed by atoms with Gasteiger partial charge >= 0.3 is 0 Å². The first kappa shape index (κ1) is 21.2. The first-order valence-corrected chi connectivity index (χ1v) is 9.76. The van der Waals surface area contributed by atoms with Crippen LogP contribution in [0.2, 0.25) is 0 Å². The zero-order chi connectivity index (χ0) is 20.0. The maximum Gasteiger partial charge on any atom is 0.263 e. The molecule has 0 saturated carbocycles. The molecule has 0 radical (unpaired) electrons. The van der Waals surface area contributed by atoms with E-state index in [1.54, 1.807) is 11.8 Å². The van der Waals surface area contributed by atoms with Crippen LogP contribution in [0.5, 0.6) is 5.75 Å². The Morgan fingerprint density at radius 3 is 2.78 bits per heavy atom. The second kappa shape index (κ2) is 9.22. The lowest BCUT2D eigenvalue weighted by atomic mass is 9.87. The van der Waals surface area contributed by atoms with E-state index >= 15 is 0 Å². The van der Waals surface area contributed by atoms with Crippen LogP contribution in [-0.2, 0) is 15.0 Å². The zero-order valence-corrected chi connectivity index (χ0v) is 17.0. The first-order chi connectivity index (χ1) is 12.7. The van der Waals surface area contributed by atoms with E-state index in [0.29, 0.717) is 31.9 Å². The van der Waals surface area contributed by atoms with Crippen LogP contribution >= 0.6 is 0 Å². The van der Waals surface area contributed by atoms with E-state index in [1.807, 2.05) is 18.2 Å². The molecular weight excluding hydrogens is 342 g/mol. The maximum atomic E-state index is 12.8. The summed E-state index contributed by atoms with van der Waals surface area (Å²) in [5, 5.41) is 2.82. The molecule has 2 unspecified atom stereocenters. The molecule has 0 spiro atoms. The average molecular weight is 376 g/mol. The molecule has 1 aliphatic heterocycles. The van der Waals surface area contributed by atoms with Crippen molar-refractivity contribution in [3.63, 3.8) is 0 Å². The summed E-state index contributed by atoms with van der Waals surface area (Å²) in [6.07, 6.45) is 1.02. The lowest BCUT2D eigenvalue weighted by Crippen LogP contribution is -2.49. The van der Waals surface area contributed by atoms with Crippen molar-refractivity contribution in [2.45, 2.75) is 52.1 Å². The van der Waals surface area contributed by atoms with E-state index < -0.39 is 6.10 Å². The van der Waals surface area contributed by atoms with Crippen molar-refractivity contribution in [2.24, 2.45) is 11.7 Å². The second-order valence-corrected chi connectivity index (χ2v) is 8.24. The lowest BCUT2D eigenvalue weighted by Gasteiger charge is -2.33. The largest absolute Gasteiger partial charge is 0.481 e. The van der Waals surface area contributed by atoms with Crippen LogP contribution in [0.15, 0.2) is 24.3 Å². The third kappa shape index (κ3) is 5.96. The number of piperidine rings is 1. The van der Waals surface area contributed by atoms with Gasteiger partial charge in [0.05, 0.1) is 5.92 Å². The number of nitrogens with one attached hydrogen (secondary N) is 1. The third-order valence-electron chi connectivity index (χ3n) is 4.91. The predicted octanol–water partition coefficient (Wildman–Crippen LogP) is 2.06. The molecule has 6 nitrogen and oxygen atoms in total. The van der Waals surface area contributed by atoms with E-state index in [1.165, 1.54) is 0 Å². The molecule has 150 valence electrons. The van der Waals surface area contributed by atoms with Crippen LogP contribution in [-0.4, -0.2) is 49.0 Å². The fourth-order valence-electron chi connectivity index (χ4n) is 3.28. The van der Waals surface area contributed by atoms with Crippen molar-refractivity contribution in [3.05, 3.63) is 29.8 Å². The second-order valence-electron chi connectivity index (χ2n) is 8.24. The highest BCUT2D eigenvalue weighted by Crippen LogP contribution is 2.26. The molecular formula is C21H33N3O3. The number of benzene rings is 1. The van der Waals surface area contributed by atoms with Gasteiger partial charge < -0.3 is 20.7 Å². The minimum Gasteiger partial charge on any atom is -0.481 e. The van der Waals surface area contributed by atoms with Crippen LogP contribution in [0.1, 0.15) is 46.1 Å². The van der Waals surface area contributed by atoms with E-state index in [0.717, 1.165) is 18.4 Å². The third-order valence-corrected chi connectivity index (χ3v) is 4.91. The number of nitrogens with zero attached hydrogens (tertiary/aromatic N) is 1. The van der Waals surface area contributed by atoms with Crippen molar-refractivity contribution in [2.75, 3.05) is 26.2 Å². The Bertz CT molecular complexity index is 654. The predicted molar refractivity (Wildman–Crippen MR) is 107 cm³/mol. The quantitative estimate of drug-likeness (QED) is 0.797. The number of rotatable bonds is 6. The van der Waals surface area contributed by atoms with Crippen LogP contribution < -0.4 is 15.8 Å². The van der Waals surface area contributed by atoms with Gasteiger partial charge in [-0.2, -0.15) is 0 Å². The maximum absolute atomic E-state index is 12.8. The Morgan fingerprint density at radius 1 is 1.37 bits per heavy atom. The van der Waals surface area contributed by atoms with Gasteiger partial charge in [-0.05, 0) is 42.9 Å². The molecule has 0 aliphatic carbocycles. The molecule has 1 saturated heterocycles. The molecule has 1 aliphatic rings. The SMILES string of the molecule is CC(Oc1cccc(C(C)(C)C)c1)C(=O)N1CCCC(C(=O)NCCN)C1. The van der Waals surface area contributed by atoms with Crippen molar-refractivity contribution >= 4 is 11.8 Å². The van der Waals surface area contributed by atoms with E-state index in [-0.39, 0.29) is 23.1 Å². The molecule has 0 bridgehead atoms. The number of carbonyl (C=O) groups is 2. The minimum absolute atomic E-state index is 0.0175. The molecule has 1 aromatic rings. The number of hydrogen-bond acceptors (Lipinski definition) is 4. The van der Waals surface area contributed by atoms with E-state index in [9.17, 15) is 9.59 Å². The summed E-state index contributed by atoms with van der Waals surface area (Å²) in [5.74, 6) is 0.417. The molecule has 2 rings (SSSR count). The number of hydrogen-bond donors (Lipinski definition) is 2. The highest BCUT2D eigenvalue weighted by Gasteiger charge is 2.31. The summed E-state index contributed by atoms with van der Waals surface area (Å²) >= 11 is 0. The van der Waals surface area contributed by atoms with Crippen LogP contribution in [0.3, 0.4) is 0 Å². The van der Waals surface area contributed by atoms with Crippen LogP contribution in [0, 0.1) is 5.92 Å². The monoisotopic (exact) mass is 375 g/mol. The highest BCUT2D eigenvalue weighted by molar-refractivity contribution is 5.83. The van der Waals surface area contributed by atoms with Gasteiger partial charge in [-0.15, -0.1) is 0 Å². The number of carbonyl (C=O) groups excluding carboxylic acids is 2. The van der Waals surface area contributed by atoms with Crippen molar-refractivity contribution < 1.29 is 14.3 Å². The Balaban J connectivity index is 1.97. The normalized spacial score (nSPS) is 18.7.